The van der Waals surface area contributed by atoms with E-state index in [1.807, 2.05) is 53.5 Å². The average molecular weight is 459 g/mol. The first-order valence-corrected chi connectivity index (χ1v) is 11.3. The van der Waals surface area contributed by atoms with E-state index >= 15 is 0 Å². The summed E-state index contributed by atoms with van der Waals surface area (Å²) >= 11 is 6.05. The monoisotopic (exact) mass is 458 g/mol. The predicted molar refractivity (Wildman–Crippen MR) is 128 cm³/mol. The van der Waals surface area contributed by atoms with E-state index in [1.165, 1.54) is 11.9 Å². The molecule has 2 aliphatic heterocycles. The van der Waals surface area contributed by atoms with Crippen molar-refractivity contribution in [2.24, 2.45) is 5.10 Å². The number of hydrogen-bond donors (Lipinski definition) is 0. The Morgan fingerprint density at radius 3 is 2.36 bits per heavy atom. The number of hydrazine groups is 1. The highest BCUT2D eigenvalue weighted by molar-refractivity contribution is 6.30. The van der Waals surface area contributed by atoms with Crippen molar-refractivity contribution in [3.63, 3.8) is 0 Å². The van der Waals surface area contributed by atoms with Crippen molar-refractivity contribution in [3.8, 4) is 0 Å². The van der Waals surface area contributed by atoms with Crippen molar-refractivity contribution in [2.75, 3.05) is 13.1 Å². The van der Waals surface area contributed by atoms with E-state index in [9.17, 15) is 9.59 Å². The smallest absolute Gasteiger partial charge is 0.268 e. The molecular formula is C26H23ClN4O2. The van der Waals surface area contributed by atoms with Gasteiger partial charge in [0.25, 0.3) is 5.91 Å². The zero-order valence-electron chi connectivity index (χ0n) is 18.2. The van der Waals surface area contributed by atoms with Gasteiger partial charge in [0.15, 0.2) is 6.17 Å². The van der Waals surface area contributed by atoms with Gasteiger partial charge in [-0.2, -0.15) is 10.1 Å². The van der Waals surface area contributed by atoms with E-state index in [2.05, 4.69) is 6.07 Å². The lowest BCUT2D eigenvalue weighted by molar-refractivity contribution is -0.144. The normalized spacial score (nSPS) is 18.1. The van der Waals surface area contributed by atoms with Gasteiger partial charge in [0.2, 0.25) is 5.91 Å². The molecule has 6 nitrogen and oxygen atoms in total. The second kappa shape index (κ2) is 8.81. The number of fused-ring (bicyclic) bond motifs is 3. The molecule has 166 valence electrons. The van der Waals surface area contributed by atoms with Gasteiger partial charge in [-0.25, -0.2) is 5.01 Å². The van der Waals surface area contributed by atoms with E-state index in [4.69, 9.17) is 16.7 Å². The van der Waals surface area contributed by atoms with Gasteiger partial charge in [0.05, 0.1) is 12.3 Å². The standard InChI is InChI=1S/C26H23ClN4O2/c1-18(32)31-25-23-10-6-5-7-19(23)15-16-29(25)30(26(33)21-11-13-22(27)14-12-21)17-24(28-31)20-8-3-2-4-9-20/h2-14,25H,15-17H2,1H3/t25-/m0/s1. The van der Waals surface area contributed by atoms with Gasteiger partial charge >= 0.3 is 0 Å². The Morgan fingerprint density at radius 1 is 0.939 bits per heavy atom. The van der Waals surface area contributed by atoms with Crippen LogP contribution in [0.2, 0.25) is 5.02 Å². The Hall–Kier alpha value is -3.48. The fourth-order valence-electron chi connectivity index (χ4n) is 4.44. The Bertz CT molecular complexity index is 1230. The highest BCUT2D eigenvalue weighted by Crippen LogP contribution is 2.36. The Labute approximate surface area is 197 Å². The molecule has 2 aliphatic rings. The molecule has 0 radical (unpaired) electrons. The summed E-state index contributed by atoms with van der Waals surface area (Å²) in [4.78, 5) is 26.6. The predicted octanol–water partition coefficient (Wildman–Crippen LogP) is 4.52. The first kappa shape index (κ1) is 21.4. The number of hydrogen-bond acceptors (Lipinski definition) is 4. The van der Waals surface area contributed by atoms with Gasteiger partial charge in [-0.05, 0) is 47.4 Å². The zero-order valence-corrected chi connectivity index (χ0v) is 18.9. The Kier molecular flexibility index (Phi) is 5.70. The van der Waals surface area contributed by atoms with Crippen LogP contribution in [0.4, 0.5) is 0 Å². The second-order valence-corrected chi connectivity index (χ2v) is 8.57. The summed E-state index contributed by atoms with van der Waals surface area (Å²) in [6, 6.07) is 24.6. The quantitative estimate of drug-likeness (QED) is 0.567. The van der Waals surface area contributed by atoms with Crippen LogP contribution < -0.4 is 0 Å². The van der Waals surface area contributed by atoms with Crippen LogP contribution in [-0.4, -0.2) is 45.6 Å². The van der Waals surface area contributed by atoms with Crippen LogP contribution in [0.3, 0.4) is 0 Å². The lowest BCUT2D eigenvalue weighted by Gasteiger charge is -2.44. The topological polar surface area (TPSA) is 56.2 Å². The number of amides is 2. The maximum absolute atomic E-state index is 13.8. The lowest BCUT2D eigenvalue weighted by atomic mass is 9.97. The lowest BCUT2D eigenvalue weighted by Crippen LogP contribution is -2.54. The third-order valence-corrected chi connectivity index (χ3v) is 6.30. The molecule has 0 saturated heterocycles. The molecule has 2 amide bonds. The first-order valence-electron chi connectivity index (χ1n) is 10.9. The summed E-state index contributed by atoms with van der Waals surface area (Å²) in [5.41, 5.74) is 4.18. The van der Waals surface area contributed by atoms with Crippen molar-refractivity contribution in [1.29, 1.82) is 0 Å². The highest BCUT2D eigenvalue weighted by atomic mass is 35.5. The van der Waals surface area contributed by atoms with E-state index in [-0.39, 0.29) is 18.4 Å². The van der Waals surface area contributed by atoms with E-state index in [0.29, 0.717) is 22.8 Å². The molecule has 0 saturated carbocycles. The Morgan fingerprint density at radius 2 is 1.64 bits per heavy atom. The van der Waals surface area contributed by atoms with Gasteiger partial charge in [-0.1, -0.05) is 66.2 Å². The van der Waals surface area contributed by atoms with Crippen LogP contribution in [0.25, 0.3) is 0 Å². The number of carbonyl (C=O) groups is 2. The van der Waals surface area contributed by atoms with E-state index in [1.54, 1.807) is 29.3 Å². The maximum Gasteiger partial charge on any atom is 0.268 e. The number of rotatable bonds is 2. The molecule has 1 atom stereocenters. The van der Waals surface area contributed by atoms with Gasteiger partial charge in [-0.3, -0.25) is 14.6 Å². The van der Waals surface area contributed by atoms with Crippen LogP contribution in [0, 0.1) is 0 Å². The maximum atomic E-state index is 13.8. The molecule has 0 aromatic heterocycles. The van der Waals surface area contributed by atoms with Gasteiger partial charge < -0.3 is 0 Å². The number of nitrogens with zero attached hydrogens (tertiary/aromatic N) is 4. The minimum absolute atomic E-state index is 0.162. The van der Waals surface area contributed by atoms with Crippen LogP contribution in [0.1, 0.15) is 40.1 Å². The molecule has 0 fully saturated rings. The summed E-state index contributed by atoms with van der Waals surface area (Å²) in [5.74, 6) is -0.346. The molecule has 3 aromatic rings. The fourth-order valence-corrected chi connectivity index (χ4v) is 4.57. The number of halogens is 1. The average Bonchev–Trinajstić information content (AvgIpc) is 3.02. The molecule has 33 heavy (non-hydrogen) atoms. The molecule has 2 heterocycles. The minimum Gasteiger partial charge on any atom is -0.273 e. The number of hydrazone groups is 1. The minimum atomic E-state index is -0.509. The summed E-state index contributed by atoms with van der Waals surface area (Å²) in [6.45, 7) is 2.34. The molecule has 0 N–H and O–H groups in total. The molecular weight excluding hydrogens is 436 g/mol. The van der Waals surface area contributed by atoms with Crippen LogP contribution in [0.15, 0.2) is 84.0 Å². The van der Waals surface area contributed by atoms with Gasteiger partial charge in [0.1, 0.15) is 0 Å². The summed E-state index contributed by atoms with van der Waals surface area (Å²) in [6.07, 6.45) is 0.258. The van der Waals surface area contributed by atoms with Crippen molar-refractivity contribution >= 4 is 29.1 Å². The van der Waals surface area contributed by atoms with Crippen molar-refractivity contribution in [1.82, 2.24) is 15.0 Å². The highest BCUT2D eigenvalue weighted by Gasteiger charge is 2.41. The molecule has 0 bridgehead atoms. The third-order valence-electron chi connectivity index (χ3n) is 6.05. The molecule has 0 spiro atoms. The molecule has 5 rings (SSSR count). The summed E-state index contributed by atoms with van der Waals surface area (Å²) in [5, 5.41) is 10.6. The first-order chi connectivity index (χ1) is 16.0. The molecule has 0 aliphatic carbocycles. The molecule has 3 aromatic carbocycles. The summed E-state index contributed by atoms with van der Waals surface area (Å²) in [7, 11) is 0. The van der Waals surface area contributed by atoms with Crippen molar-refractivity contribution in [2.45, 2.75) is 19.5 Å². The zero-order chi connectivity index (χ0) is 22.9. The van der Waals surface area contributed by atoms with Crippen LogP contribution >= 0.6 is 11.6 Å². The summed E-state index contributed by atoms with van der Waals surface area (Å²) < 4.78 is 0. The van der Waals surface area contributed by atoms with E-state index < -0.39 is 6.17 Å². The molecule has 7 heteroatoms. The van der Waals surface area contributed by atoms with Crippen molar-refractivity contribution < 1.29 is 9.59 Å². The number of benzene rings is 3. The largest absolute Gasteiger partial charge is 0.273 e. The van der Waals surface area contributed by atoms with Crippen LogP contribution in [-0.2, 0) is 11.2 Å². The second-order valence-electron chi connectivity index (χ2n) is 8.13. The third kappa shape index (κ3) is 4.03. The van der Waals surface area contributed by atoms with Crippen molar-refractivity contribution in [3.05, 3.63) is 106 Å². The van der Waals surface area contributed by atoms with Gasteiger partial charge in [-0.15, -0.1) is 0 Å². The van der Waals surface area contributed by atoms with E-state index in [0.717, 1.165) is 23.1 Å². The SMILES string of the molecule is CC(=O)N1N=C(c2ccccc2)CN(C(=O)c2ccc(Cl)cc2)N2CCc3ccccc3[C@H]12. The number of carbonyl (C=O) groups excluding carboxylic acids is 2. The van der Waals surface area contributed by atoms with Gasteiger partial charge in [0, 0.05) is 24.1 Å². The van der Waals surface area contributed by atoms with Crippen LogP contribution in [0.5, 0.6) is 0 Å². The Balaban J connectivity index is 1.66. The molecule has 0 unspecified atom stereocenters. The fraction of sp³-hybridized carbons (Fsp3) is 0.192.